The van der Waals surface area contributed by atoms with Crippen molar-refractivity contribution in [3.05, 3.63) is 35.1 Å². The van der Waals surface area contributed by atoms with E-state index in [-0.39, 0.29) is 31.1 Å². The molecule has 10 heteroatoms. The second kappa shape index (κ2) is 7.70. The SMILES string of the molecule is CNC(=O)c1cc(F)ccc1CNC(=O)C1N=C2N(CCOC2(C)C)C(=O)C1=O. The van der Waals surface area contributed by atoms with Gasteiger partial charge in [0.15, 0.2) is 6.04 Å². The Balaban J connectivity index is 1.82. The highest BCUT2D eigenvalue weighted by Crippen LogP contribution is 2.24. The number of Topliss-reactive ketones (excluding diaryl/α,β-unsaturated/α-hetero) is 1. The molecule has 1 aromatic rings. The summed E-state index contributed by atoms with van der Waals surface area (Å²) in [6.07, 6.45) is 0. The molecule has 9 nitrogen and oxygen atoms in total. The highest BCUT2D eigenvalue weighted by atomic mass is 19.1. The lowest BCUT2D eigenvalue weighted by Crippen LogP contribution is -2.62. The van der Waals surface area contributed by atoms with Crippen LogP contribution >= 0.6 is 0 Å². The number of hydrogen-bond donors (Lipinski definition) is 2. The van der Waals surface area contributed by atoms with Crippen molar-refractivity contribution in [1.82, 2.24) is 15.5 Å². The Morgan fingerprint density at radius 1 is 1.34 bits per heavy atom. The normalized spacial score (nSPS) is 20.6. The van der Waals surface area contributed by atoms with E-state index >= 15 is 0 Å². The van der Waals surface area contributed by atoms with Crippen molar-refractivity contribution in [3.8, 4) is 0 Å². The summed E-state index contributed by atoms with van der Waals surface area (Å²) >= 11 is 0. The van der Waals surface area contributed by atoms with Gasteiger partial charge in [0, 0.05) is 19.2 Å². The van der Waals surface area contributed by atoms with Gasteiger partial charge in [-0.05, 0) is 31.5 Å². The molecule has 0 saturated carbocycles. The molecule has 0 radical (unpaired) electrons. The first-order valence-corrected chi connectivity index (χ1v) is 9.02. The summed E-state index contributed by atoms with van der Waals surface area (Å²) in [6.45, 7) is 3.70. The number of hydrogen-bond acceptors (Lipinski definition) is 6. The van der Waals surface area contributed by atoms with E-state index in [1.54, 1.807) is 13.8 Å². The van der Waals surface area contributed by atoms with Crippen LogP contribution in [0.1, 0.15) is 29.8 Å². The minimum Gasteiger partial charge on any atom is -0.366 e. The third kappa shape index (κ3) is 3.88. The summed E-state index contributed by atoms with van der Waals surface area (Å²) in [4.78, 5) is 54.8. The molecule has 1 unspecified atom stereocenters. The van der Waals surface area contributed by atoms with Gasteiger partial charge in [-0.25, -0.2) is 9.38 Å². The number of halogens is 1. The molecule has 154 valence electrons. The van der Waals surface area contributed by atoms with Crippen LogP contribution in [0.3, 0.4) is 0 Å². The van der Waals surface area contributed by atoms with Gasteiger partial charge in [-0.15, -0.1) is 0 Å². The Hall–Kier alpha value is -3.14. The molecule has 2 N–H and O–H groups in total. The van der Waals surface area contributed by atoms with Crippen LogP contribution in [0.25, 0.3) is 0 Å². The molecule has 2 heterocycles. The quantitative estimate of drug-likeness (QED) is 0.532. The fourth-order valence-corrected chi connectivity index (χ4v) is 3.25. The topological polar surface area (TPSA) is 117 Å². The van der Waals surface area contributed by atoms with Crippen molar-refractivity contribution < 1.29 is 28.3 Å². The van der Waals surface area contributed by atoms with Gasteiger partial charge in [-0.3, -0.25) is 24.1 Å². The first-order chi connectivity index (χ1) is 13.7. The molecule has 1 saturated heterocycles. The Morgan fingerprint density at radius 3 is 2.76 bits per heavy atom. The van der Waals surface area contributed by atoms with Gasteiger partial charge in [0.1, 0.15) is 17.3 Å². The number of morpholine rings is 1. The van der Waals surface area contributed by atoms with Crippen LogP contribution in [0.2, 0.25) is 0 Å². The Kier molecular flexibility index (Phi) is 5.47. The highest BCUT2D eigenvalue weighted by Gasteiger charge is 2.47. The Labute approximate surface area is 166 Å². The molecular weight excluding hydrogens is 383 g/mol. The number of benzene rings is 1. The van der Waals surface area contributed by atoms with Gasteiger partial charge in [0.25, 0.3) is 23.5 Å². The molecule has 1 atom stereocenters. The first-order valence-electron chi connectivity index (χ1n) is 9.02. The van der Waals surface area contributed by atoms with E-state index < -0.39 is 41.0 Å². The molecule has 0 aliphatic carbocycles. The number of carbonyl (C=O) groups excluding carboxylic acids is 4. The monoisotopic (exact) mass is 404 g/mol. The average Bonchev–Trinajstić information content (AvgIpc) is 2.68. The van der Waals surface area contributed by atoms with Crippen LogP contribution in [0.5, 0.6) is 0 Å². The molecule has 3 rings (SSSR count). The smallest absolute Gasteiger partial charge is 0.298 e. The van der Waals surface area contributed by atoms with Crippen molar-refractivity contribution in [3.63, 3.8) is 0 Å². The van der Waals surface area contributed by atoms with Crippen molar-refractivity contribution in [1.29, 1.82) is 0 Å². The maximum atomic E-state index is 13.5. The van der Waals surface area contributed by atoms with E-state index in [1.807, 2.05) is 0 Å². The number of ketones is 1. The number of aliphatic imine (C=N–C) groups is 1. The molecule has 0 aromatic heterocycles. The zero-order valence-electron chi connectivity index (χ0n) is 16.2. The van der Waals surface area contributed by atoms with Crippen LogP contribution in [-0.4, -0.2) is 66.1 Å². The Bertz CT molecular complexity index is 927. The van der Waals surface area contributed by atoms with Gasteiger partial charge in [0.05, 0.1) is 13.2 Å². The zero-order valence-corrected chi connectivity index (χ0v) is 16.2. The fourth-order valence-electron chi connectivity index (χ4n) is 3.25. The van der Waals surface area contributed by atoms with E-state index in [0.717, 1.165) is 12.1 Å². The number of amides is 3. The lowest BCUT2D eigenvalue weighted by atomic mass is 9.99. The summed E-state index contributed by atoms with van der Waals surface area (Å²) in [5, 5.41) is 4.90. The third-order valence-corrected chi connectivity index (χ3v) is 4.77. The molecule has 1 fully saturated rings. The number of nitrogens with one attached hydrogen (secondary N) is 2. The van der Waals surface area contributed by atoms with Gasteiger partial charge < -0.3 is 15.4 Å². The van der Waals surface area contributed by atoms with Gasteiger partial charge in [0.2, 0.25) is 0 Å². The highest BCUT2D eigenvalue weighted by molar-refractivity contribution is 6.46. The lowest BCUT2D eigenvalue weighted by molar-refractivity contribution is -0.148. The number of nitrogens with zero attached hydrogens (tertiary/aromatic N) is 2. The second-order valence-electron chi connectivity index (χ2n) is 7.13. The number of rotatable bonds is 4. The van der Waals surface area contributed by atoms with Crippen molar-refractivity contribution in [2.75, 3.05) is 20.2 Å². The van der Waals surface area contributed by atoms with Gasteiger partial charge >= 0.3 is 0 Å². The lowest BCUT2D eigenvalue weighted by Gasteiger charge is -2.41. The second-order valence-corrected chi connectivity index (χ2v) is 7.13. The molecule has 2 aliphatic heterocycles. The van der Waals surface area contributed by atoms with Crippen LogP contribution < -0.4 is 10.6 Å². The predicted molar refractivity (Wildman–Crippen MR) is 99.6 cm³/mol. The van der Waals surface area contributed by atoms with Crippen molar-refractivity contribution in [2.24, 2.45) is 4.99 Å². The van der Waals surface area contributed by atoms with Gasteiger partial charge in [-0.1, -0.05) is 6.07 Å². The third-order valence-electron chi connectivity index (χ3n) is 4.77. The fraction of sp³-hybridized carbons (Fsp3) is 0.421. The van der Waals surface area contributed by atoms with E-state index in [1.165, 1.54) is 18.0 Å². The molecule has 3 amide bonds. The maximum absolute atomic E-state index is 13.5. The van der Waals surface area contributed by atoms with E-state index in [0.29, 0.717) is 5.56 Å². The van der Waals surface area contributed by atoms with E-state index in [2.05, 4.69) is 15.6 Å². The summed E-state index contributed by atoms with van der Waals surface area (Å²) in [6, 6.07) is 2.03. The molecule has 0 bridgehead atoms. The van der Waals surface area contributed by atoms with E-state index in [4.69, 9.17) is 4.74 Å². The predicted octanol–water partition coefficient (Wildman–Crippen LogP) is -0.211. The zero-order chi connectivity index (χ0) is 21.3. The van der Waals surface area contributed by atoms with E-state index in [9.17, 15) is 23.6 Å². The minimum atomic E-state index is -1.54. The minimum absolute atomic E-state index is 0.0538. The summed E-state index contributed by atoms with van der Waals surface area (Å²) < 4.78 is 19.1. The van der Waals surface area contributed by atoms with Crippen molar-refractivity contribution in [2.45, 2.75) is 32.0 Å². The standard InChI is InChI=1S/C19H21FN4O5/c1-19(2)18-23-13(14(25)17(28)24(18)6-7-29-19)16(27)22-9-10-4-5-11(20)8-12(10)15(26)21-3/h4-5,8,13H,6-7,9H2,1-3H3,(H,21,26)(H,22,27). The number of ether oxygens (including phenoxy) is 1. The summed E-state index contributed by atoms with van der Waals surface area (Å²) in [5.74, 6) is -3.42. The number of fused-ring (bicyclic) bond motifs is 1. The van der Waals surface area contributed by atoms with Crippen LogP contribution in [0, 0.1) is 5.82 Å². The summed E-state index contributed by atoms with van der Waals surface area (Å²) in [7, 11) is 1.40. The molecule has 1 aromatic carbocycles. The maximum Gasteiger partial charge on any atom is 0.298 e. The van der Waals surface area contributed by atoms with Crippen molar-refractivity contribution >= 4 is 29.3 Å². The summed E-state index contributed by atoms with van der Waals surface area (Å²) in [5.41, 5.74) is -0.515. The molecule has 29 heavy (non-hydrogen) atoms. The number of carbonyl (C=O) groups is 4. The largest absolute Gasteiger partial charge is 0.366 e. The van der Waals surface area contributed by atoms with Crippen LogP contribution in [0.15, 0.2) is 23.2 Å². The molecule has 0 spiro atoms. The average molecular weight is 404 g/mol. The Morgan fingerprint density at radius 2 is 2.07 bits per heavy atom. The van der Waals surface area contributed by atoms with Crippen LogP contribution in [-0.2, 0) is 25.7 Å². The number of amidine groups is 1. The van der Waals surface area contributed by atoms with Gasteiger partial charge in [-0.2, -0.15) is 0 Å². The molecular formula is C19H21FN4O5. The first kappa shape index (κ1) is 20.6. The van der Waals surface area contributed by atoms with Crippen LogP contribution in [0.4, 0.5) is 4.39 Å². The molecule has 2 aliphatic rings.